The number of rotatable bonds is 3. The average Bonchev–Trinajstić information content (AvgIpc) is 2.66. The SMILES string of the molecule is COc1cc(N)ccc1N1CCC(N2CC(C)N(C(=O)OC(C)(C)C)C(C)C2)CC1. The fourth-order valence-corrected chi connectivity index (χ4v) is 4.76. The van der Waals surface area contributed by atoms with Crippen molar-refractivity contribution in [1.82, 2.24) is 9.80 Å². The zero-order valence-electron chi connectivity index (χ0n) is 19.4. The van der Waals surface area contributed by atoms with Gasteiger partial charge >= 0.3 is 6.09 Å². The molecule has 1 aromatic rings. The summed E-state index contributed by atoms with van der Waals surface area (Å²) >= 11 is 0. The number of benzene rings is 1. The molecule has 2 aliphatic rings. The zero-order valence-corrected chi connectivity index (χ0v) is 19.4. The molecule has 0 aliphatic carbocycles. The molecule has 0 radical (unpaired) electrons. The topological polar surface area (TPSA) is 71.3 Å². The number of carbonyl (C=O) groups excluding carboxylic acids is 1. The number of anilines is 2. The van der Waals surface area contributed by atoms with Gasteiger partial charge in [0.15, 0.2) is 0 Å². The number of nitrogens with zero attached hydrogens (tertiary/aromatic N) is 3. The molecule has 2 saturated heterocycles. The van der Waals surface area contributed by atoms with Gasteiger partial charge < -0.3 is 25.0 Å². The lowest BCUT2D eigenvalue weighted by Crippen LogP contribution is -2.62. The van der Waals surface area contributed by atoms with Gasteiger partial charge in [0.1, 0.15) is 11.4 Å². The normalized spacial score (nSPS) is 24.1. The van der Waals surface area contributed by atoms with Crippen molar-refractivity contribution < 1.29 is 14.3 Å². The van der Waals surface area contributed by atoms with Crippen LogP contribution in [-0.2, 0) is 4.74 Å². The van der Waals surface area contributed by atoms with Gasteiger partial charge in [-0.05, 0) is 59.6 Å². The Labute approximate surface area is 181 Å². The van der Waals surface area contributed by atoms with Crippen LogP contribution in [-0.4, -0.2) is 72.9 Å². The number of piperidine rings is 1. The number of ether oxygens (including phenoxy) is 2. The highest BCUT2D eigenvalue weighted by Gasteiger charge is 2.38. The summed E-state index contributed by atoms with van der Waals surface area (Å²) in [6.07, 6.45) is 1.99. The molecule has 2 fully saturated rings. The van der Waals surface area contributed by atoms with Crippen molar-refractivity contribution in [2.45, 2.75) is 71.2 Å². The maximum Gasteiger partial charge on any atom is 0.410 e. The minimum atomic E-state index is -0.469. The fourth-order valence-electron chi connectivity index (χ4n) is 4.76. The summed E-state index contributed by atoms with van der Waals surface area (Å²) in [7, 11) is 1.69. The molecule has 2 heterocycles. The van der Waals surface area contributed by atoms with E-state index >= 15 is 0 Å². The fraction of sp³-hybridized carbons (Fsp3) is 0.696. The predicted octanol–water partition coefficient (Wildman–Crippen LogP) is 3.58. The smallest absolute Gasteiger partial charge is 0.410 e. The minimum Gasteiger partial charge on any atom is -0.495 e. The van der Waals surface area contributed by atoms with E-state index in [4.69, 9.17) is 15.2 Å². The Morgan fingerprint density at radius 3 is 2.23 bits per heavy atom. The molecule has 1 aromatic carbocycles. The molecule has 2 atom stereocenters. The Morgan fingerprint density at radius 2 is 1.70 bits per heavy atom. The molecular weight excluding hydrogens is 380 g/mol. The summed E-state index contributed by atoms with van der Waals surface area (Å²) in [4.78, 5) is 19.5. The minimum absolute atomic E-state index is 0.138. The first kappa shape index (κ1) is 22.5. The van der Waals surface area contributed by atoms with E-state index in [0.717, 1.165) is 56.1 Å². The zero-order chi connectivity index (χ0) is 22.1. The Balaban J connectivity index is 1.59. The molecule has 0 saturated carbocycles. The Morgan fingerprint density at radius 1 is 1.10 bits per heavy atom. The number of methoxy groups -OCH3 is 1. The molecule has 7 heteroatoms. The Bertz CT molecular complexity index is 728. The van der Waals surface area contributed by atoms with Gasteiger partial charge in [-0.15, -0.1) is 0 Å². The molecule has 30 heavy (non-hydrogen) atoms. The van der Waals surface area contributed by atoms with Crippen LogP contribution in [0.3, 0.4) is 0 Å². The van der Waals surface area contributed by atoms with Gasteiger partial charge in [-0.2, -0.15) is 0 Å². The van der Waals surface area contributed by atoms with Crippen molar-refractivity contribution in [1.29, 1.82) is 0 Å². The van der Waals surface area contributed by atoms with Gasteiger partial charge in [-0.1, -0.05) is 0 Å². The van der Waals surface area contributed by atoms with Crippen molar-refractivity contribution in [2.24, 2.45) is 0 Å². The first-order chi connectivity index (χ1) is 14.1. The van der Waals surface area contributed by atoms with Crippen LogP contribution in [0.2, 0.25) is 0 Å². The lowest BCUT2D eigenvalue weighted by atomic mass is 9.98. The number of nitrogen functional groups attached to an aromatic ring is 1. The van der Waals surface area contributed by atoms with Crippen molar-refractivity contribution >= 4 is 17.5 Å². The van der Waals surface area contributed by atoms with Gasteiger partial charge in [0.25, 0.3) is 0 Å². The number of hydrogen-bond donors (Lipinski definition) is 1. The van der Waals surface area contributed by atoms with E-state index in [1.807, 2.05) is 37.8 Å². The maximum absolute atomic E-state index is 12.7. The van der Waals surface area contributed by atoms with Crippen LogP contribution >= 0.6 is 0 Å². The molecule has 0 aromatic heterocycles. The molecule has 0 spiro atoms. The van der Waals surface area contributed by atoms with Crippen LogP contribution in [0.1, 0.15) is 47.5 Å². The first-order valence-corrected chi connectivity index (χ1v) is 11.0. The second kappa shape index (κ2) is 8.92. The summed E-state index contributed by atoms with van der Waals surface area (Å²) in [5.41, 5.74) is 7.27. The van der Waals surface area contributed by atoms with Crippen molar-refractivity contribution in [3.05, 3.63) is 18.2 Å². The van der Waals surface area contributed by atoms with Gasteiger partial charge in [-0.25, -0.2) is 4.79 Å². The van der Waals surface area contributed by atoms with Crippen LogP contribution in [0.15, 0.2) is 18.2 Å². The van der Waals surface area contributed by atoms with Crippen molar-refractivity contribution in [3.8, 4) is 5.75 Å². The number of piperazine rings is 1. The molecule has 0 bridgehead atoms. The van der Waals surface area contributed by atoms with E-state index < -0.39 is 5.60 Å². The number of hydrogen-bond acceptors (Lipinski definition) is 6. The first-order valence-electron chi connectivity index (χ1n) is 11.0. The summed E-state index contributed by atoms with van der Waals surface area (Å²) < 4.78 is 11.2. The van der Waals surface area contributed by atoms with Gasteiger partial charge in [0, 0.05) is 56.1 Å². The van der Waals surface area contributed by atoms with Crippen LogP contribution in [0, 0.1) is 0 Å². The Kier molecular flexibility index (Phi) is 6.70. The molecule has 2 unspecified atom stereocenters. The van der Waals surface area contributed by atoms with E-state index in [0.29, 0.717) is 6.04 Å². The van der Waals surface area contributed by atoms with Gasteiger partial charge in [0.05, 0.1) is 12.8 Å². The highest BCUT2D eigenvalue weighted by Crippen LogP contribution is 2.33. The summed E-state index contributed by atoms with van der Waals surface area (Å²) in [6, 6.07) is 6.69. The van der Waals surface area contributed by atoms with Crippen LogP contribution in [0.5, 0.6) is 5.75 Å². The van der Waals surface area contributed by atoms with Crippen LogP contribution in [0.4, 0.5) is 16.2 Å². The summed E-state index contributed by atoms with van der Waals surface area (Å²) in [5.74, 6) is 0.835. The van der Waals surface area contributed by atoms with E-state index in [1.54, 1.807) is 7.11 Å². The largest absolute Gasteiger partial charge is 0.495 e. The lowest BCUT2D eigenvalue weighted by Gasteiger charge is -2.48. The molecule has 168 valence electrons. The standard InChI is InChI=1S/C23H38N4O3/c1-16-14-26(15-17(2)27(16)22(28)30-23(3,4)5)19-9-11-25(12-10-19)20-8-7-18(24)13-21(20)29-6/h7-8,13,16-17,19H,9-12,14-15,24H2,1-6H3. The average molecular weight is 419 g/mol. The predicted molar refractivity (Wildman–Crippen MR) is 121 cm³/mol. The highest BCUT2D eigenvalue weighted by molar-refractivity contribution is 5.69. The molecular formula is C23H38N4O3. The molecule has 7 nitrogen and oxygen atoms in total. The van der Waals surface area contributed by atoms with Gasteiger partial charge in [-0.3, -0.25) is 4.90 Å². The quantitative estimate of drug-likeness (QED) is 0.757. The Hall–Kier alpha value is -2.15. The van der Waals surface area contributed by atoms with Crippen molar-refractivity contribution in [2.75, 3.05) is 43.9 Å². The summed E-state index contributed by atoms with van der Waals surface area (Å²) in [5, 5.41) is 0. The number of nitrogens with two attached hydrogens (primary N) is 1. The van der Waals surface area contributed by atoms with E-state index in [-0.39, 0.29) is 18.2 Å². The maximum atomic E-state index is 12.7. The lowest BCUT2D eigenvalue weighted by molar-refractivity contribution is -0.0244. The third-order valence-corrected chi connectivity index (χ3v) is 6.08. The second-order valence-corrected chi connectivity index (χ2v) is 9.69. The monoisotopic (exact) mass is 418 g/mol. The molecule has 3 rings (SSSR count). The molecule has 1 amide bonds. The highest BCUT2D eigenvalue weighted by atomic mass is 16.6. The second-order valence-electron chi connectivity index (χ2n) is 9.69. The van der Waals surface area contributed by atoms with Crippen LogP contribution in [0.25, 0.3) is 0 Å². The number of amides is 1. The van der Waals surface area contributed by atoms with E-state index in [9.17, 15) is 4.79 Å². The van der Waals surface area contributed by atoms with Gasteiger partial charge in [0.2, 0.25) is 0 Å². The van der Waals surface area contributed by atoms with Crippen molar-refractivity contribution in [3.63, 3.8) is 0 Å². The number of carbonyl (C=O) groups is 1. The summed E-state index contributed by atoms with van der Waals surface area (Å²) in [6.45, 7) is 13.8. The van der Waals surface area contributed by atoms with Crippen LogP contribution < -0.4 is 15.4 Å². The molecule has 2 aliphatic heterocycles. The van der Waals surface area contributed by atoms with E-state index in [2.05, 4.69) is 29.7 Å². The molecule has 2 N–H and O–H groups in total. The third kappa shape index (κ3) is 5.12. The third-order valence-electron chi connectivity index (χ3n) is 6.08. The van der Waals surface area contributed by atoms with E-state index in [1.165, 1.54) is 0 Å².